The van der Waals surface area contributed by atoms with Crippen LogP contribution in [0.5, 0.6) is 0 Å². The highest BCUT2D eigenvalue weighted by molar-refractivity contribution is 7.12. The number of piperidine rings is 3. The molecule has 168 valence electrons. The molecule has 3 aliphatic rings. The Bertz CT molecular complexity index is 1290. The van der Waals surface area contributed by atoms with Crippen LogP contribution in [0.4, 0.5) is 0 Å². The Kier molecular flexibility index (Phi) is 5.27. The number of thiophene rings is 1. The molecule has 4 atom stereocenters. The summed E-state index contributed by atoms with van der Waals surface area (Å²) in [4.78, 5) is 15.7. The van der Waals surface area contributed by atoms with Crippen molar-refractivity contribution in [3.63, 3.8) is 0 Å². The Hall–Kier alpha value is -2.96. The lowest BCUT2D eigenvalue weighted by Crippen LogP contribution is -2.56. The molecule has 1 N–H and O–H groups in total. The predicted molar refractivity (Wildman–Crippen MR) is 134 cm³/mol. The summed E-state index contributed by atoms with van der Waals surface area (Å²) in [6.07, 6.45) is 2.35. The van der Waals surface area contributed by atoms with Gasteiger partial charge in [-0.2, -0.15) is 5.10 Å². The fraction of sp³-hybridized carbons (Fsp3) is 0.333. The fourth-order valence-corrected chi connectivity index (χ4v) is 6.35. The van der Waals surface area contributed by atoms with Crippen molar-refractivity contribution >= 4 is 28.0 Å². The van der Waals surface area contributed by atoms with E-state index in [1.54, 1.807) is 0 Å². The topological polar surface area (TPSA) is 50.2 Å². The molecule has 3 saturated heterocycles. The Morgan fingerprint density at radius 1 is 1.12 bits per heavy atom. The molecule has 0 aliphatic carbocycles. The predicted octanol–water partition coefficient (Wildman–Crippen LogP) is 4.91. The van der Waals surface area contributed by atoms with E-state index in [2.05, 4.69) is 70.5 Å². The van der Waals surface area contributed by atoms with Gasteiger partial charge in [-0.1, -0.05) is 42.5 Å². The van der Waals surface area contributed by atoms with Crippen molar-refractivity contribution in [1.29, 1.82) is 0 Å². The number of hydrogen-bond donors (Lipinski definition) is 1. The molecule has 6 heteroatoms. The molecule has 3 fully saturated rings. The van der Waals surface area contributed by atoms with Crippen LogP contribution in [0.25, 0.3) is 22.0 Å². The van der Waals surface area contributed by atoms with E-state index >= 15 is 0 Å². The summed E-state index contributed by atoms with van der Waals surface area (Å²) >= 11 is 1.50. The maximum absolute atomic E-state index is 12.4. The van der Waals surface area contributed by atoms with Gasteiger partial charge in [0.25, 0.3) is 5.91 Å². The smallest absolute Gasteiger partial charge is 0.261 e. The van der Waals surface area contributed by atoms with Gasteiger partial charge in [-0.15, -0.1) is 11.3 Å². The Balaban J connectivity index is 1.18. The van der Waals surface area contributed by atoms with E-state index in [1.165, 1.54) is 39.8 Å². The van der Waals surface area contributed by atoms with Crippen LogP contribution >= 0.6 is 11.3 Å². The van der Waals surface area contributed by atoms with Gasteiger partial charge in [0.2, 0.25) is 0 Å². The van der Waals surface area contributed by atoms with E-state index in [0.717, 1.165) is 36.6 Å². The van der Waals surface area contributed by atoms with Crippen LogP contribution in [-0.2, 0) is 7.05 Å². The van der Waals surface area contributed by atoms with Crippen molar-refractivity contribution in [2.24, 2.45) is 13.0 Å². The van der Waals surface area contributed by atoms with Crippen LogP contribution in [0.15, 0.2) is 66.0 Å². The summed E-state index contributed by atoms with van der Waals surface area (Å²) in [5, 5.41) is 12.5. The summed E-state index contributed by atoms with van der Waals surface area (Å²) in [7, 11) is 2.08. The average Bonchev–Trinajstić information content (AvgIpc) is 3.53. The fourth-order valence-electron chi connectivity index (χ4n) is 5.71. The van der Waals surface area contributed by atoms with Crippen molar-refractivity contribution < 1.29 is 4.79 Å². The molecular weight excluding hydrogens is 428 g/mol. The van der Waals surface area contributed by atoms with Gasteiger partial charge in [0.15, 0.2) is 0 Å². The molecule has 0 radical (unpaired) electrons. The number of nitrogens with one attached hydrogen (secondary N) is 1. The molecule has 5 nitrogen and oxygen atoms in total. The van der Waals surface area contributed by atoms with Crippen molar-refractivity contribution in [2.75, 3.05) is 19.6 Å². The second-order valence-corrected chi connectivity index (χ2v) is 10.3. The lowest BCUT2D eigenvalue weighted by molar-refractivity contribution is 0.0280. The molecule has 5 heterocycles. The SMILES string of the molecule is Cn1nc(-c2ccc3ccccc3c2)cc1[C@@H]1CN2CC[C@H]1C[C@@H]2CNC(=O)c1cccs1. The number of benzene rings is 2. The number of aryl methyl sites for hydroxylation is 1. The molecule has 1 unspecified atom stereocenters. The molecular formula is C27H28N4OS. The van der Waals surface area contributed by atoms with Crippen molar-refractivity contribution in [1.82, 2.24) is 20.0 Å². The average molecular weight is 457 g/mol. The normalized spacial score (nSPS) is 24.3. The minimum absolute atomic E-state index is 0.0517. The molecule has 2 aromatic heterocycles. The summed E-state index contributed by atoms with van der Waals surface area (Å²) in [6, 6.07) is 21.6. The maximum atomic E-state index is 12.4. The number of aromatic nitrogens is 2. The second-order valence-electron chi connectivity index (χ2n) is 9.37. The quantitative estimate of drug-likeness (QED) is 0.464. The van der Waals surface area contributed by atoms with Crippen LogP contribution in [0.2, 0.25) is 0 Å². The third kappa shape index (κ3) is 3.87. The van der Waals surface area contributed by atoms with Gasteiger partial charge in [0, 0.05) is 43.4 Å². The highest BCUT2D eigenvalue weighted by Gasteiger charge is 2.41. The minimum atomic E-state index is 0.0517. The van der Waals surface area contributed by atoms with Crippen LogP contribution in [0.1, 0.15) is 34.1 Å². The van der Waals surface area contributed by atoms with Crippen molar-refractivity contribution in [3.8, 4) is 11.3 Å². The first-order valence-corrected chi connectivity index (χ1v) is 12.6. The summed E-state index contributed by atoms with van der Waals surface area (Å²) in [5.74, 6) is 1.18. The van der Waals surface area contributed by atoms with Gasteiger partial charge in [0.05, 0.1) is 10.6 Å². The van der Waals surface area contributed by atoms with E-state index in [9.17, 15) is 4.79 Å². The number of amides is 1. The van der Waals surface area contributed by atoms with Crippen molar-refractivity contribution in [3.05, 3.63) is 76.6 Å². The van der Waals surface area contributed by atoms with E-state index in [-0.39, 0.29) is 5.91 Å². The molecule has 7 rings (SSSR count). The summed E-state index contributed by atoms with van der Waals surface area (Å²) in [6.45, 7) is 2.89. The third-order valence-corrected chi connectivity index (χ3v) is 8.33. The molecule has 33 heavy (non-hydrogen) atoms. The number of nitrogens with zero attached hydrogens (tertiary/aromatic N) is 3. The zero-order chi connectivity index (χ0) is 22.4. The molecule has 3 aliphatic heterocycles. The van der Waals surface area contributed by atoms with Gasteiger partial charge in [0.1, 0.15) is 0 Å². The molecule has 4 aromatic rings. The van der Waals surface area contributed by atoms with E-state index < -0.39 is 0 Å². The number of carbonyl (C=O) groups is 1. The lowest BCUT2D eigenvalue weighted by atomic mass is 9.74. The monoisotopic (exact) mass is 456 g/mol. The van der Waals surface area contributed by atoms with Gasteiger partial charge in [-0.25, -0.2) is 0 Å². The zero-order valence-corrected chi connectivity index (χ0v) is 19.6. The first-order valence-electron chi connectivity index (χ1n) is 11.7. The van der Waals surface area contributed by atoms with Gasteiger partial charge in [-0.05, 0) is 59.7 Å². The first kappa shape index (κ1) is 20.6. The highest BCUT2D eigenvalue weighted by atomic mass is 32.1. The molecule has 0 spiro atoms. The lowest BCUT2D eigenvalue weighted by Gasteiger charge is -2.49. The summed E-state index contributed by atoms with van der Waals surface area (Å²) < 4.78 is 2.09. The van der Waals surface area contributed by atoms with Crippen LogP contribution in [0.3, 0.4) is 0 Å². The Morgan fingerprint density at radius 2 is 2.00 bits per heavy atom. The molecule has 0 saturated carbocycles. The summed E-state index contributed by atoms with van der Waals surface area (Å²) in [5.41, 5.74) is 3.55. The van der Waals surface area contributed by atoms with Crippen LogP contribution in [0, 0.1) is 5.92 Å². The highest BCUT2D eigenvalue weighted by Crippen LogP contribution is 2.42. The third-order valence-electron chi connectivity index (χ3n) is 7.46. The minimum Gasteiger partial charge on any atom is -0.350 e. The van der Waals surface area contributed by atoms with Gasteiger partial charge >= 0.3 is 0 Å². The molecule has 2 aromatic carbocycles. The Morgan fingerprint density at radius 3 is 2.79 bits per heavy atom. The standard InChI is InChI=1S/C27H28N4OS/c1-30-25(15-24(29-30)21-9-8-18-5-2-3-6-19(18)13-21)23-17-31-11-10-20(23)14-22(31)16-28-27(32)26-7-4-12-33-26/h2-9,12-13,15,20,22-23H,10-11,14,16-17H2,1H3,(H,28,32)/t20-,22+,23+/m0/s1. The maximum Gasteiger partial charge on any atom is 0.261 e. The van der Waals surface area contributed by atoms with Crippen LogP contribution < -0.4 is 5.32 Å². The first-order chi connectivity index (χ1) is 16.2. The number of rotatable bonds is 5. The zero-order valence-electron chi connectivity index (χ0n) is 18.8. The number of fused-ring (bicyclic) bond motifs is 4. The van der Waals surface area contributed by atoms with Gasteiger partial charge < -0.3 is 5.32 Å². The molecule has 2 bridgehead atoms. The van der Waals surface area contributed by atoms with Crippen molar-refractivity contribution in [2.45, 2.75) is 24.8 Å². The Labute approximate surface area is 198 Å². The van der Waals surface area contributed by atoms with E-state index in [0.29, 0.717) is 17.9 Å². The molecule has 1 amide bonds. The van der Waals surface area contributed by atoms with E-state index in [4.69, 9.17) is 5.10 Å². The largest absolute Gasteiger partial charge is 0.350 e. The second kappa shape index (κ2) is 8.43. The van der Waals surface area contributed by atoms with Gasteiger partial charge in [-0.3, -0.25) is 14.4 Å². The number of hydrogen-bond acceptors (Lipinski definition) is 4. The van der Waals surface area contributed by atoms with E-state index in [1.807, 2.05) is 17.5 Å². The van der Waals surface area contributed by atoms with Crippen LogP contribution in [-0.4, -0.2) is 46.3 Å². The number of carbonyl (C=O) groups excluding carboxylic acids is 1.